The number of aliphatic hydroxyl groups is 1. The maximum absolute atomic E-state index is 13.1. The second kappa shape index (κ2) is 4.34. The van der Waals surface area contributed by atoms with Crippen molar-refractivity contribution >= 4 is 0 Å². The number of ether oxygens (including phenoxy) is 1. The molecule has 78 valence electrons. The fourth-order valence-electron chi connectivity index (χ4n) is 1.14. The molecule has 14 heavy (non-hydrogen) atoms. The van der Waals surface area contributed by atoms with Crippen molar-refractivity contribution in [2.45, 2.75) is 6.04 Å². The van der Waals surface area contributed by atoms with Gasteiger partial charge in [0.2, 0.25) is 5.82 Å². The summed E-state index contributed by atoms with van der Waals surface area (Å²) in [6, 6.07) is 1.46. The van der Waals surface area contributed by atoms with E-state index in [1.807, 2.05) is 0 Å². The third-order valence-electron chi connectivity index (χ3n) is 1.88. The zero-order valence-electron chi connectivity index (χ0n) is 7.63. The third kappa shape index (κ3) is 1.83. The lowest BCUT2D eigenvalue weighted by Crippen LogP contribution is -2.16. The Balaban J connectivity index is 3.23. The van der Waals surface area contributed by atoms with E-state index < -0.39 is 17.7 Å². The number of nitrogens with two attached hydrogens (primary N) is 1. The van der Waals surface area contributed by atoms with Crippen LogP contribution in [-0.2, 0) is 0 Å². The van der Waals surface area contributed by atoms with Gasteiger partial charge in [0.25, 0.3) is 0 Å². The van der Waals surface area contributed by atoms with Crippen LogP contribution in [0.15, 0.2) is 12.1 Å². The zero-order valence-corrected chi connectivity index (χ0v) is 7.63. The normalized spacial score (nSPS) is 12.6. The van der Waals surface area contributed by atoms with Crippen LogP contribution < -0.4 is 10.5 Å². The molecular weight excluding hydrogens is 192 g/mol. The maximum Gasteiger partial charge on any atom is 0.200 e. The van der Waals surface area contributed by atoms with Gasteiger partial charge in [0.05, 0.1) is 19.8 Å². The first kappa shape index (κ1) is 10.9. The van der Waals surface area contributed by atoms with Crippen LogP contribution in [0.2, 0.25) is 0 Å². The third-order valence-corrected chi connectivity index (χ3v) is 1.88. The molecular formula is C9H11F2NO2. The molecule has 0 saturated heterocycles. The van der Waals surface area contributed by atoms with Crippen LogP contribution in [0.4, 0.5) is 8.78 Å². The molecule has 0 unspecified atom stereocenters. The number of hydrogen-bond donors (Lipinski definition) is 2. The number of aliphatic hydroxyl groups excluding tert-OH is 1. The van der Waals surface area contributed by atoms with Crippen molar-refractivity contribution in [2.24, 2.45) is 5.73 Å². The highest BCUT2D eigenvalue weighted by atomic mass is 19.2. The largest absolute Gasteiger partial charge is 0.493 e. The van der Waals surface area contributed by atoms with Crippen molar-refractivity contribution in [1.29, 1.82) is 0 Å². The summed E-state index contributed by atoms with van der Waals surface area (Å²) in [5, 5.41) is 8.77. The maximum atomic E-state index is 13.1. The molecule has 0 amide bonds. The van der Waals surface area contributed by atoms with Crippen LogP contribution in [0.25, 0.3) is 0 Å². The predicted molar refractivity (Wildman–Crippen MR) is 46.9 cm³/mol. The van der Waals surface area contributed by atoms with Crippen LogP contribution in [-0.4, -0.2) is 18.8 Å². The van der Waals surface area contributed by atoms with Gasteiger partial charge in [-0.05, 0) is 6.07 Å². The zero-order chi connectivity index (χ0) is 10.7. The molecule has 0 aliphatic heterocycles. The van der Waals surface area contributed by atoms with Crippen LogP contribution in [0.5, 0.6) is 5.75 Å². The van der Waals surface area contributed by atoms with Crippen molar-refractivity contribution in [3.05, 3.63) is 29.3 Å². The highest BCUT2D eigenvalue weighted by Gasteiger charge is 2.18. The van der Waals surface area contributed by atoms with E-state index in [-0.39, 0.29) is 17.9 Å². The lowest BCUT2D eigenvalue weighted by Gasteiger charge is -2.13. The van der Waals surface area contributed by atoms with Crippen molar-refractivity contribution < 1.29 is 18.6 Å². The Kier molecular flexibility index (Phi) is 3.38. The van der Waals surface area contributed by atoms with Crippen LogP contribution in [0.1, 0.15) is 11.6 Å². The molecule has 0 radical (unpaired) electrons. The second-order valence-electron chi connectivity index (χ2n) is 2.77. The number of hydrogen-bond acceptors (Lipinski definition) is 3. The topological polar surface area (TPSA) is 55.5 Å². The fourth-order valence-corrected chi connectivity index (χ4v) is 1.14. The summed E-state index contributed by atoms with van der Waals surface area (Å²) in [5.41, 5.74) is 5.71. The molecule has 0 bridgehead atoms. The van der Waals surface area contributed by atoms with Gasteiger partial charge in [-0.15, -0.1) is 0 Å². The van der Waals surface area contributed by atoms with E-state index in [0.717, 1.165) is 6.07 Å². The van der Waals surface area contributed by atoms with Gasteiger partial charge in [-0.2, -0.15) is 4.39 Å². The van der Waals surface area contributed by atoms with Crippen molar-refractivity contribution in [1.82, 2.24) is 0 Å². The van der Waals surface area contributed by atoms with E-state index >= 15 is 0 Å². The number of methoxy groups -OCH3 is 1. The Morgan fingerprint density at radius 1 is 1.50 bits per heavy atom. The molecule has 3 nitrogen and oxygen atoms in total. The summed E-state index contributed by atoms with van der Waals surface area (Å²) in [7, 11) is 1.21. The highest BCUT2D eigenvalue weighted by molar-refractivity contribution is 5.37. The second-order valence-corrected chi connectivity index (χ2v) is 2.77. The summed E-state index contributed by atoms with van der Waals surface area (Å²) in [5.74, 6) is -2.35. The summed E-state index contributed by atoms with van der Waals surface area (Å²) in [6.45, 7) is -0.360. The molecule has 0 heterocycles. The average Bonchev–Trinajstić information content (AvgIpc) is 2.20. The molecule has 1 aromatic rings. The monoisotopic (exact) mass is 203 g/mol. The molecule has 0 aromatic heterocycles. The van der Waals surface area contributed by atoms with Crippen LogP contribution >= 0.6 is 0 Å². The van der Waals surface area contributed by atoms with E-state index in [9.17, 15) is 8.78 Å². The van der Waals surface area contributed by atoms with E-state index in [1.54, 1.807) is 0 Å². The van der Waals surface area contributed by atoms with Gasteiger partial charge >= 0.3 is 0 Å². The first-order chi connectivity index (χ1) is 6.61. The molecule has 1 atom stereocenters. The highest BCUT2D eigenvalue weighted by Crippen LogP contribution is 2.28. The molecule has 5 heteroatoms. The number of benzene rings is 1. The quantitative estimate of drug-likeness (QED) is 0.769. The Hall–Kier alpha value is -1.20. The molecule has 1 aromatic carbocycles. The van der Waals surface area contributed by atoms with E-state index in [0.29, 0.717) is 0 Å². The van der Waals surface area contributed by atoms with Gasteiger partial charge < -0.3 is 15.6 Å². The Labute approximate surface area is 80.1 Å². The smallest absolute Gasteiger partial charge is 0.200 e. The molecule has 3 N–H and O–H groups in total. The number of rotatable bonds is 3. The van der Waals surface area contributed by atoms with Gasteiger partial charge in [0.1, 0.15) is 0 Å². The lowest BCUT2D eigenvalue weighted by atomic mass is 10.1. The minimum atomic E-state index is -1.09. The van der Waals surface area contributed by atoms with Gasteiger partial charge in [-0.25, -0.2) is 4.39 Å². The molecule has 1 rings (SSSR count). The van der Waals surface area contributed by atoms with Gasteiger partial charge in [-0.3, -0.25) is 0 Å². The minimum Gasteiger partial charge on any atom is -0.493 e. The van der Waals surface area contributed by atoms with Gasteiger partial charge in [-0.1, -0.05) is 6.07 Å². The van der Waals surface area contributed by atoms with Crippen molar-refractivity contribution in [3.8, 4) is 5.75 Å². The number of halogens is 2. The van der Waals surface area contributed by atoms with E-state index in [2.05, 4.69) is 4.74 Å². The average molecular weight is 203 g/mol. The van der Waals surface area contributed by atoms with E-state index in [1.165, 1.54) is 13.2 Å². The minimum absolute atomic E-state index is 0.244. The van der Waals surface area contributed by atoms with Gasteiger partial charge in [0, 0.05) is 5.56 Å². The van der Waals surface area contributed by atoms with Crippen molar-refractivity contribution in [3.63, 3.8) is 0 Å². The fraction of sp³-hybridized carbons (Fsp3) is 0.333. The Bertz CT molecular complexity index is 331. The van der Waals surface area contributed by atoms with Crippen LogP contribution in [0, 0.1) is 11.6 Å². The molecule has 0 spiro atoms. The van der Waals surface area contributed by atoms with E-state index in [4.69, 9.17) is 10.8 Å². The summed E-state index contributed by atoms with van der Waals surface area (Å²) in [6.07, 6.45) is 0. The SMILES string of the molecule is COc1c([C@H](N)CO)ccc(F)c1F. The first-order valence-corrected chi connectivity index (χ1v) is 4.00. The first-order valence-electron chi connectivity index (χ1n) is 4.00. The summed E-state index contributed by atoms with van der Waals surface area (Å²) < 4.78 is 30.6. The summed E-state index contributed by atoms with van der Waals surface area (Å²) in [4.78, 5) is 0. The Morgan fingerprint density at radius 2 is 2.14 bits per heavy atom. The molecule has 0 aliphatic carbocycles. The van der Waals surface area contributed by atoms with Crippen LogP contribution in [0.3, 0.4) is 0 Å². The van der Waals surface area contributed by atoms with Crippen molar-refractivity contribution in [2.75, 3.05) is 13.7 Å². The molecule has 0 fully saturated rings. The Morgan fingerprint density at radius 3 is 2.64 bits per heavy atom. The molecule has 0 saturated carbocycles. The summed E-state index contributed by atoms with van der Waals surface area (Å²) >= 11 is 0. The molecule has 0 aliphatic rings. The lowest BCUT2D eigenvalue weighted by molar-refractivity contribution is 0.262. The van der Waals surface area contributed by atoms with Gasteiger partial charge in [0.15, 0.2) is 11.6 Å². The standard InChI is InChI=1S/C9H11F2NO2/c1-14-9-5(7(12)4-13)2-3-6(10)8(9)11/h2-3,7,13H,4,12H2,1H3/t7-/m1/s1. The predicted octanol–water partition coefficient (Wildman–Crippen LogP) is 0.965.